The van der Waals surface area contributed by atoms with Crippen LogP contribution in [0.3, 0.4) is 0 Å². The van der Waals surface area contributed by atoms with Crippen LogP contribution in [0.25, 0.3) is 11.0 Å². The first-order valence-corrected chi connectivity index (χ1v) is 14.8. The van der Waals surface area contributed by atoms with E-state index in [0.29, 0.717) is 29.4 Å². The molecule has 4 heterocycles. The van der Waals surface area contributed by atoms with Gasteiger partial charge in [0, 0.05) is 32.2 Å². The molecule has 5 rings (SSSR count). The molecule has 0 bridgehead atoms. The van der Waals surface area contributed by atoms with Gasteiger partial charge in [-0.25, -0.2) is 37.1 Å². The predicted molar refractivity (Wildman–Crippen MR) is 147 cm³/mol. The van der Waals surface area contributed by atoms with Crippen molar-refractivity contribution in [3.63, 3.8) is 0 Å². The van der Waals surface area contributed by atoms with Gasteiger partial charge in [0.05, 0.1) is 17.6 Å². The van der Waals surface area contributed by atoms with E-state index in [2.05, 4.69) is 51.7 Å². The highest BCUT2D eigenvalue weighted by Crippen LogP contribution is 2.31. The van der Waals surface area contributed by atoms with Crippen molar-refractivity contribution in [3.05, 3.63) is 36.3 Å². The highest BCUT2D eigenvalue weighted by Gasteiger charge is 2.28. The van der Waals surface area contributed by atoms with Crippen LogP contribution in [-0.2, 0) is 10.0 Å². The lowest BCUT2D eigenvalue weighted by Crippen LogP contribution is -2.53. The van der Waals surface area contributed by atoms with Crippen molar-refractivity contribution >= 4 is 44.2 Å². The summed E-state index contributed by atoms with van der Waals surface area (Å²) in [6, 6.07) is 2.63. The second kappa shape index (κ2) is 11.5. The molecule has 0 atom stereocenters. The van der Waals surface area contributed by atoms with Crippen LogP contribution in [0, 0.1) is 11.6 Å². The van der Waals surface area contributed by atoms with Gasteiger partial charge in [-0.15, -0.1) is 0 Å². The second-order valence-corrected chi connectivity index (χ2v) is 11.9. The van der Waals surface area contributed by atoms with E-state index in [1.807, 2.05) is 0 Å². The van der Waals surface area contributed by atoms with Crippen LogP contribution in [-0.4, -0.2) is 96.3 Å². The number of hydrogen-bond acceptors (Lipinski definition) is 10. The Kier molecular flexibility index (Phi) is 8.05. The average Bonchev–Trinajstić information content (AvgIpc) is 2.93. The summed E-state index contributed by atoms with van der Waals surface area (Å²) in [6.45, 7) is 7.26. The number of anilines is 4. The van der Waals surface area contributed by atoms with E-state index in [4.69, 9.17) is 0 Å². The normalized spacial score (nSPS) is 18.0. The molecule has 0 saturated carbocycles. The van der Waals surface area contributed by atoms with E-state index in [9.17, 15) is 12.8 Å². The molecule has 2 aromatic heterocycles. The van der Waals surface area contributed by atoms with Crippen molar-refractivity contribution < 1.29 is 17.2 Å². The largest absolute Gasteiger partial charge is 0.338 e. The lowest BCUT2D eigenvalue weighted by Gasteiger charge is -2.42. The first kappa shape index (κ1) is 27.3. The van der Waals surface area contributed by atoms with Gasteiger partial charge in [-0.2, -0.15) is 0 Å². The fourth-order valence-corrected chi connectivity index (χ4v) is 6.22. The lowest BCUT2D eigenvalue weighted by molar-refractivity contribution is 0.115. The molecule has 2 aliphatic heterocycles. The number of sulfonamides is 1. The predicted octanol–water partition coefficient (Wildman–Crippen LogP) is 2.81. The maximum absolute atomic E-state index is 15.3. The van der Waals surface area contributed by atoms with Crippen molar-refractivity contribution in [3.8, 4) is 0 Å². The van der Waals surface area contributed by atoms with E-state index in [1.54, 1.807) is 13.1 Å². The zero-order chi connectivity index (χ0) is 27.6. The number of aromatic nitrogens is 4. The van der Waals surface area contributed by atoms with Crippen LogP contribution in [0.1, 0.15) is 26.2 Å². The number of halogens is 2. The monoisotopic (exact) mass is 561 g/mol. The van der Waals surface area contributed by atoms with Gasteiger partial charge in [-0.3, -0.25) is 9.62 Å². The van der Waals surface area contributed by atoms with E-state index in [0.717, 1.165) is 51.4 Å². The Bertz CT molecular complexity index is 1430. The molecule has 0 unspecified atom stereocenters. The van der Waals surface area contributed by atoms with Crippen molar-refractivity contribution in [2.45, 2.75) is 32.2 Å². The molecule has 2 fully saturated rings. The first-order chi connectivity index (χ1) is 18.7. The van der Waals surface area contributed by atoms with Crippen LogP contribution in [0.15, 0.2) is 24.7 Å². The molecule has 3 aromatic rings. The summed E-state index contributed by atoms with van der Waals surface area (Å²) in [6.07, 6.45) is 5.51. The number of hydrogen-bond donors (Lipinski definition) is 2. The van der Waals surface area contributed by atoms with Crippen LogP contribution < -0.4 is 14.9 Å². The Morgan fingerprint density at radius 2 is 1.77 bits per heavy atom. The quantitative estimate of drug-likeness (QED) is 0.425. The number of rotatable bonds is 8. The number of piperidine rings is 1. The number of fused-ring (bicyclic) bond motifs is 1. The van der Waals surface area contributed by atoms with Gasteiger partial charge in [0.25, 0.3) is 0 Å². The zero-order valence-corrected chi connectivity index (χ0v) is 22.9. The summed E-state index contributed by atoms with van der Waals surface area (Å²) in [7, 11) is -1.61. The summed E-state index contributed by atoms with van der Waals surface area (Å²) in [5.41, 5.74) is -0.194. The zero-order valence-electron chi connectivity index (χ0n) is 22.1. The maximum atomic E-state index is 15.3. The molecule has 0 spiro atoms. The van der Waals surface area contributed by atoms with Crippen LogP contribution in [0.5, 0.6) is 0 Å². The lowest BCUT2D eigenvalue weighted by atomic mass is 10.0. The smallest absolute Gasteiger partial charge is 0.232 e. The number of nitrogens with zero attached hydrogens (tertiary/aromatic N) is 7. The highest BCUT2D eigenvalue weighted by atomic mass is 32.2. The fourth-order valence-electron chi connectivity index (χ4n) is 5.09. The van der Waals surface area contributed by atoms with Crippen LogP contribution in [0.4, 0.5) is 31.9 Å². The summed E-state index contributed by atoms with van der Waals surface area (Å²) in [5.74, 6) is -1.60. The minimum absolute atomic E-state index is 0.0833. The molecular weight excluding hydrogens is 528 g/mol. The van der Waals surface area contributed by atoms with Gasteiger partial charge in [0.15, 0.2) is 11.6 Å². The molecule has 2 N–H and O–H groups in total. The molecule has 2 saturated heterocycles. The van der Waals surface area contributed by atoms with Crippen LogP contribution in [0.2, 0.25) is 0 Å². The molecule has 14 heteroatoms. The van der Waals surface area contributed by atoms with Gasteiger partial charge in [0.2, 0.25) is 16.0 Å². The Morgan fingerprint density at radius 3 is 2.49 bits per heavy atom. The topological polar surface area (TPSA) is 119 Å². The minimum Gasteiger partial charge on any atom is -0.338 e. The number of benzene rings is 1. The van der Waals surface area contributed by atoms with Crippen molar-refractivity contribution in [1.29, 1.82) is 0 Å². The van der Waals surface area contributed by atoms with Crippen LogP contribution >= 0.6 is 0 Å². The minimum atomic E-state index is -3.77. The highest BCUT2D eigenvalue weighted by molar-refractivity contribution is 7.92. The Morgan fingerprint density at radius 1 is 1.03 bits per heavy atom. The molecule has 2 aliphatic rings. The number of piperazine rings is 1. The van der Waals surface area contributed by atoms with Gasteiger partial charge in [0.1, 0.15) is 28.9 Å². The standard InChI is InChI=1S/C25H33F2N9O2S/c1-3-14-39(37,38)33-19-5-4-18(26)22(21(19)27)31-24-23-20(29-16-30-24)15-28-25(32-23)36-12-10-35(11-13-36)17-6-8-34(2)9-7-17/h4-5,15-17,33H,3,6-14H2,1-2H3,(H,29,30,31). The molecule has 0 radical (unpaired) electrons. The van der Waals surface area contributed by atoms with Gasteiger partial charge in [-0.05, 0) is 51.5 Å². The average molecular weight is 562 g/mol. The Labute approximate surface area is 226 Å². The van der Waals surface area contributed by atoms with E-state index < -0.39 is 27.3 Å². The van der Waals surface area contributed by atoms with E-state index >= 15 is 4.39 Å². The third-order valence-electron chi connectivity index (χ3n) is 7.24. The molecule has 0 amide bonds. The number of likely N-dealkylation sites (tertiary alicyclic amines) is 1. The molecule has 210 valence electrons. The molecule has 39 heavy (non-hydrogen) atoms. The Balaban J connectivity index is 1.36. The fraction of sp³-hybridized carbons (Fsp3) is 0.520. The van der Waals surface area contributed by atoms with Crippen molar-refractivity contribution in [2.24, 2.45) is 0 Å². The molecule has 1 aromatic carbocycles. The molecule has 0 aliphatic carbocycles. The van der Waals surface area contributed by atoms with Gasteiger partial charge >= 0.3 is 0 Å². The SMILES string of the molecule is CCCS(=O)(=O)Nc1ccc(F)c(Nc2ncnc3cnc(N4CCN(C5CCN(C)CC5)CC4)nc23)c1F. The third-order valence-corrected chi connectivity index (χ3v) is 8.72. The van der Waals surface area contributed by atoms with Gasteiger partial charge < -0.3 is 15.1 Å². The third kappa shape index (κ3) is 6.17. The maximum Gasteiger partial charge on any atom is 0.232 e. The van der Waals surface area contributed by atoms with Crippen molar-refractivity contribution in [1.82, 2.24) is 29.7 Å². The van der Waals surface area contributed by atoms with E-state index in [-0.39, 0.29) is 17.3 Å². The molecular formula is C25H33F2N9O2S. The first-order valence-electron chi connectivity index (χ1n) is 13.1. The number of nitrogens with one attached hydrogen (secondary N) is 2. The summed E-state index contributed by atoms with van der Waals surface area (Å²) < 4.78 is 56.4. The summed E-state index contributed by atoms with van der Waals surface area (Å²) >= 11 is 0. The van der Waals surface area contributed by atoms with Crippen molar-refractivity contribution in [2.75, 3.05) is 67.0 Å². The summed E-state index contributed by atoms with van der Waals surface area (Å²) in [5, 5.41) is 2.67. The van der Waals surface area contributed by atoms with Gasteiger partial charge in [-0.1, -0.05) is 6.92 Å². The summed E-state index contributed by atoms with van der Waals surface area (Å²) in [4.78, 5) is 24.5. The second-order valence-electron chi connectivity index (χ2n) is 10.0. The Hall–Kier alpha value is -3.23. The molecule has 11 nitrogen and oxygen atoms in total. The van der Waals surface area contributed by atoms with E-state index in [1.165, 1.54) is 19.2 Å².